The van der Waals surface area contributed by atoms with Crippen molar-refractivity contribution in [2.24, 2.45) is 0 Å². The third-order valence-corrected chi connectivity index (χ3v) is 8.63. The third kappa shape index (κ3) is 4.17. The van der Waals surface area contributed by atoms with E-state index in [9.17, 15) is 13.2 Å². The Balaban J connectivity index is 1.41. The van der Waals surface area contributed by atoms with E-state index in [2.05, 4.69) is 12.2 Å². The van der Waals surface area contributed by atoms with Crippen molar-refractivity contribution >= 4 is 21.6 Å². The molecule has 5 rings (SSSR count). The number of nitrogens with one attached hydrogen (secondary N) is 1. The molecule has 1 aliphatic heterocycles. The zero-order chi connectivity index (χ0) is 24.8. The van der Waals surface area contributed by atoms with E-state index in [4.69, 9.17) is 9.47 Å². The number of hydrogen-bond acceptors (Lipinski definition) is 5. The third-order valence-electron chi connectivity index (χ3n) is 6.80. The molecule has 1 aliphatic carbocycles. The highest BCUT2D eigenvalue weighted by Gasteiger charge is 2.51. The number of hydrogen-bond donors (Lipinski definition) is 1. The van der Waals surface area contributed by atoms with Gasteiger partial charge in [-0.05, 0) is 77.9 Å². The Labute approximate surface area is 205 Å². The number of benzene rings is 3. The van der Waals surface area contributed by atoms with Gasteiger partial charge < -0.3 is 14.8 Å². The van der Waals surface area contributed by atoms with E-state index < -0.39 is 15.4 Å². The normalized spacial score (nSPS) is 15.8. The summed E-state index contributed by atoms with van der Waals surface area (Å²) in [5.41, 5.74) is 4.05. The average Bonchev–Trinajstić information content (AvgIpc) is 3.54. The molecule has 1 heterocycles. The summed E-state index contributed by atoms with van der Waals surface area (Å²) >= 11 is 0. The zero-order valence-corrected chi connectivity index (χ0v) is 20.8. The Bertz CT molecular complexity index is 1390. The molecule has 182 valence electrons. The summed E-state index contributed by atoms with van der Waals surface area (Å²) in [6.07, 6.45) is 2.36. The number of carbonyl (C=O) groups is 1. The molecule has 3 aromatic carbocycles. The molecule has 0 bridgehead atoms. The minimum atomic E-state index is -3.50. The molecule has 7 nitrogen and oxygen atoms in total. The number of amides is 1. The lowest BCUT2D eigenvalue weighted by Crippen LogP contribution is -2.27. The van der Waals surface area contributed by atoms with Crippen LogP contribution in [0.25, 0.3) is 11.1 Å². The Morgan fingerprint density at radius 1 is 0.971 bits per heavy atom. The highest BCUT2D eigenvalue weighted by Crippen LogP contribution is 2.51. The standard InChI is InChI=1S/C27H28N2O5S/c1-4-18-5-9-21(16-23(18)19-6-10-22(11-7-19)35(31,32)29(2)3)28-26(30)27(13-14-27)20-8-12-24-25(15-20)34-17-33-24/h5-12,15-16H,4,13-14,17H2,1-3H3,(H,28,30). The van der Waals surface area contributed by atoms with Crippen LogP contribution in [0, 0.1) is 0 Å². The topological polar surface area (TPSA) is 84.9 Å². The maximum atomic E-state index is 13.4. The number of nitrogens with zero attached hydrogens (tertiary/aromatic N) is 1. The van der Waals surface area contributed by atoms with Gasteiger partial charge in [0, 0.05) is 19.8 Å². The fourth-order valence-corrected chi connectivity index (χ4v) is 5.37. The number of sulfonamides is 1. The van der Waals surface area contributed by atoms with Gasteiger partial charge >= 0.3 is 0 Å². The monoisotopic (exact) mass is 492 g/mol. The molecule has 0 unspecified atom stereocenters. The van der Waals surface area contributed by atoms with Gasteiger partial charge in [0.05, 0.1) is 10.3 Å². The Kier molecular flexibility index (Phi) is 5.81. The first-order valence-corrected chi connectivity index (χ1v) is 13.1. The van der Waals surface area contributed by atoms with Crippen LogP contribution in [0.2, 0.25) is 0 Å². The molecule has 1 fully saturated rings. The smallest absolute Gasteiger partial charge is 0.242 e. The van der Waals surface area contributed by atoms with Crippen molar-refractivity contribution < 1.29 is 22.7 Å². The molecule has 0 atom stereocenters. The van der Waals surface area contributed by atoms with Crippen molar-refractivity contribution in [3.63, 3.8) is 0 Å². The fourth-order valence-electron chi connectivity index (χ4n) is 4.47. The molecule has 1 N–H and O–H groups in total. The molecular weight excluding hydrogens is 464 g/mol. The van der Waals surface area contributed by atoms with Crippen LogP contribution in [-0.2, 0) is 26.7 Å². The second-order valence-corrected chi connectivity index (χ2v) is 11.3. The first kappa shape index (κ1) is 23.4. The van der Waals surface area contributed by atoms with Gasteiger partial charge in [-0.25, -0.2) is 12.7 Å². The summed E-state index contributed by atoms with van der Waals surface area (Å²) in [5, 5.41) is 3.11. The average molecular weight is 493 g/mol. The maximum Gasteiger partial charge on any atom is 0.242 e. The largest absolute Gasteiger partial charge is 0.454 e. The molecule has 3 aromatic rings. The summed E-state index contributed by atoms with van der Waals surface area (Å²) < 4.78 is 36.9. The van der Waals surface area contributed by atoms with Crippen molar-refractivity contribution in [2.45, 2.75) is 36.5 Å². The second-order valence-electron chi connectivity index (χ2n) is 9.14. The number of fused-ring (bicyclic) bond motifs is 1. The first-order chi connectivity index (χ1) is 16.7. The number of ether oxygens (including phenoxy) is 2. The van der Waals surface area contributed by atoms with Gasteiger partial charge in [-0.3, -0.25) is 4.79 Å². The Morgan fingerprint density at radius 3 is 2.34 bits per heavy atom. The van der Waals surface area contributed by atoms with Crippen molar-refractivity contribution in [3.8, 4) is 22.6 Å². The highest BCUT2D eigenvalue weighted by molar-refractivity contribution is 7.89. The molecule has 0 saturated heterocycles. The van der Waals surface area contributed by atoms with Crippen LogP contribution in [0.4, 0.5) is 5.69 Å². The molecule has 8 heteroatoms. The van der Waals surface area contributed by atoms with Crippen LogP contribution in [0.1, 0.15) is 30.9 Å². The van der Waals surface area contributed by atoms with Gasteiger partial charge in [0.1, 0.15) is 0 Å². The number of aryl methyl sites for hydroxylation is 1. The van der Waals surface area contributed by atoms with Gasteiger partial charge in [0.2, 0.25) is 22.7 Å². The Morgan fingerprint density at radius 2 is 1.69 bits per heavy atom. The molecule has 1 saturated carbocycles. The number of rotatable bonds is 7. The van der Waals surface area contributed by atoms with E-state index in [0.717, 1.165) is 41.5 Å². The lowest BCUT2D eigenvalue weighted by atomic mass is 9.93. The van der Waals surface area contributed by atoms with Crippen molar-refractivity contribution in [2.75, 3.05) is 26.2 Å². The van der Waals surface area contributed by atoms with Crippen molar-refractivity contribution in [3.05, 3.63) is 71.8 Å². The van der Waals surface area contributed by atoms with E-state index in [1.165, 1.54) is 18.4 Å². The summed E-state index contributed by atoms with van der Waals surface area (Å²) in [7, 11) is -0.466. The van der Waals surface area contributed by atoms with E-state index in [1.807, 2.05) is 48.5 Å². The molecule has 1 amide bonds. The van der Waals surface area contributed by atoms with Gasteiger partial charge in [0.15, 0.2) is 11.5 Å². The molecule has 0 spiro atoms. The quantitative estimate of drug-likeness (QED) is 0.523. The minimum Gasteiger partial charge on any atom is -0.454 e. The lowest BCUT2D eigenvalue weighted by molar-refractivity contribution is -0.118. The van der Waals surface area contributed by atoms with Crippen LogP contribution < -0.4 is 14.8 Å². The van der Waals surface area contributed by atoms with Crippen LogP contribution in [0.5, 0.6) is 11.5 Å². The van der Waals surface area contributed by atoms with E-state index in [1.54, 1.807) is 12.1 Å². The SMILES string of the molecule is CCc1ccc(NC(=O)C2(c3ccc4c(c3)OCO4)CC2)cc1-c1ccc(S(=O)(=O)N(C)C)cc1. The highest BCUT2D eigenvalue weighted by atomic mass is 32.2. The van der Waals surface area contributed by atoms with Gasteiger partial charge in [-0.1, -0.05) is 31.2 Å². The minimum absolute atomic E-state index is 0.0426. The molecule has 0 aromatic heterocycles. The molecule has 0 radical (unpaired) electrons. The van der Waals surface area contributed by atoms with Crippen LogP contribution in [0.15, 0.2) is 65.6 Å². The van der Waals surface area contributed by atoms with E-state index >= 15 is 0 Å². The predicted octanol–water partition coefficient (Wildman–Crippen LogP) is 4.57. The van der Waals surface area contributed by atoms with E-state index in [-0.39, 0.29) is 17.6 Å². The van der Waals surface area contributed by atoms with E-state index in [0.29, 0.717) is 17.2 Å². The molecule has 2 aliphatic rings. The number of carbonyl (C=O) groups excluding carboxylic acids is 1. The first-order valence-electron chi connectivity index (χ1n) is 11.6. The van der Waals surface area contributed by atoms with Crippen LogP contribution in [0.3, 0.4) is 0 Å². The number of anilines is 1. The van der Waals surface area contributed by atoms with Crippen LogP contribution >= 0.6 is 0 Å². The lowest BCUT2D eigenvalue weighted by Gasteiger charge is -2.18. The zero-order valence-electron chi connectivity index (χ0n) is 20.0. The maximum absolute atomic E-state index is 13.4. The summed E-state index contributed by atoms with van der Waals surface area (Å²) in [6.45, 7) is 2.27. The molecule has 35 heavy (non-hydrogen) atoms. The summed E-state index contributed by atoms with van der Waals surface area (Å²) in [5.74, 6) is 1.34. The van der Waals surface area contributed by atoms with Gasteiger partial charge in [-0.15, -0.1) is 0 Å². The van der Waals surface area contributed by atoms with Gasteiger partial charge in [0.25, 0.3) is 0 Å². The van der Waals surface area contributed by atoms with Crippen molar-refractivity contribution in [1.82, 2.24) is 4.31 Å². The fraction of sp³-hybridized carbons (Fsp3) is 0.296. The predicted molar refractivity (Wildman–Crippen MR) is 134 cm³/mol. The summed E-state index contributed by atoms with van der Waals surface area (Å²) in [6, 6.07) is 18.5. The Hall–Kier alpha value is -3.36. The summed E-state index contributed by atoms with van der Waals surface area (Å²) in [4.78, 5) is 13.6. The second kappa shape index (κ2) is 8.70. The van der Waals surface area contributed by atoms with Crippen LogP contribution in [-0.4, -0.2) is 39.5 Å². The van der Waals surface area contributed by atoms with Gasteiger partial charge in [-0.2, -0.15) is 0 Å². The molecular formula is C27H28N2O5S. The van der Waals surface area contributed by atoms with Crippen molar-refractivity contribution in [1.29, 1.82) is 0 Å².